The number of fused-ring (bicyclic) bond motifs is 1. The van der Waals surface area contributed by atoms with Gasteiger partial charge in [-0.2, -0.15) is 0 Å². The third-order valence-corrected chi connectivity index (χ3v) is 9.07. The summed E-state index contributed by atoms with van der Waals surface area (Å²) in [6, 6.07) is 6.89. The third-order valence-electron chi connectivity index (χ3n) is 8.76. The van der Waals surface area contributed by atoms with Crippen molar-refractivity contribution in [1.29, 1.82) is 0 Å². The monoisotopic (exact) mass is 680 g/mol. The van der Waals surface area contributed by atoms with Crippen molar-refractivity contribution in [2.24, 2.45) is 5.41 Å². The largest absolute Gasteiger partial charge is 0.494 e. The molecule has 0 radical (unpaired) electrons. The maximum atomic E-state index is 14.6. The fourth-order valence-corrected chi connectivity index (χ4v) is 6.17. The quantitative estimate of drug-likeness (QED) is 0.249. The van der Waals surface area contributed by atoms with E-state index in [4.69, 9.17) is 21.1 Å². The Morgan fingerprint density at radius 3 is 2.52 bits per heavy atom. The van der Waals surface area contributed by atoms with Gasteiger partial charge in [0.2, 0.25) is 5.91 Å². The van der Waals surface area contributed by atoms with Crippen molar-refractivity contribution in [3.63, 3.8) is 0 Å². The van der Waals surface area contributed by atoms with E-state index in [9.17, 15) is 14.4 Å². The number of methoxy groups -OCH3 is 1. The molecule has 4 N–H and O–H groups in total. The van der Waals surface area contributed by atoms with E-state index >= 15 is 0 Å². The van der Waals surface area contributed by atoms with Gasteiger partial charge in [-0.05, 0) is 63.0 Å². The van der Waals surface area contributed by atoms with Crippen molar-refractivity contribution in [2.75, 3.05) is 62.1 Å². The summed E-state index contributed by atoms with van der Waals surface area (Å²) < 4.78 is 11.2. The van der Waals surface area contributed by atoms with Crippen molar-refractivity contribution >= 4 is 63.1 Å². The molecule has 2 aliphatic rings. The Bertz CT molecular complexity index is 1650. The molecule has 0 unspecified atom stereocenters. The number of anilines is 4. The van der Waals surface area contributed by atoms with Crippen LogP contribution in [-0.2, 0) is 19.1 Å². The number of hydrogen-bond acceptors (Lipinski definition) is 11. The van der Waals surface area contributed by atoms with E-state index in [0.29, 0.717) is 53.6 Å². The molecule has 0 bridgehead atoms. The number of aromatic nitrogens is 2. The molecule has 13 nitrogen and oxygen atoms in total. The number of rotatable bonds is 10. The Kier molecular flexibility index (Phi) is 11.0. The Hall–Kier alpha value is -4.04. The lowest BCUT2D eigenvalue weighted by molar-refractivity contribution is -0.134. The number of morpholine rings is 1. The van der Waals surface area contributed by atoms with E-state index in [1.165, 1.54) is 13.4 Å². The summed E-state index contributed by atoms with van der Waals surface area (Å²) in [4.78, 5) is 54.3. The van der Waals surface area contributed by atoms with Gasteiger partial charge in [-0.25, -0.2) is 14.9 Å². The van der Waals surface area contributed by atoms with Crippen LogP contribution in [0.15, 0.2) is 36.7 Å². The van der Waals surface area contributed by atoms with Crippen LogP contribution in [0.4, 0.5) is 22.9 Å². The van der Waals surface area contributed by atoms with Crippen molar-refractivity contribution in [3.05, 3.63) is 41.7 Å². The van der Waals surface area contributed by atoms with Crippen LogP contribution in [0.1, 0.15) is 40.5 Å². The van der Waals surface area contributed by atoms with Gasteiger partial charge in [0.15, 0.2) is 0 Å². The minimum Gasteiger partial charge on any atom is -0.494 e. The predicted molar refractivity (Wildman–Crippen MR) is 187 cm³/mol. The molecule has 3 aromatic rings. The number of hydrogen-bond donors (Lipinski definition) is 4. The standard InChI is InChI=1S/C34H45ClN8O5/c1-20(36-5)31(44)41-29(34(2,3)4)33(46)43(32(45)24-8-7-11-37-24)27-17-22-25(18-28(27)47-6)38-19-39-30(22)40-21-9-10-26(23(35)16-21)42-12-14-48-15-13-42/h9-10,16-20,24,29,36-37H,7-8,11-15H2,1-6H3,(H,41,44)(H,38,39,40)/t20-,24-,29+/m0/s1. The summed E-state index contributed by atoms with van der Waals surface area (Å²) in [5.41, 5.74) is 1.63. The first-order valence-corrected chi connectivity index (χ1v) is 16.6. The fourth-order valence-electron chi connectivity index (χ4n) is 5.87. The van der Waals surface area contributed by atoms with Gasteiger partial charge in [0, 0.05) is 30.2 Å². The number of carbonyl (C=O) groups is 3. The molecule has 258 valence electrons. The number of amides is 3. The Labute approximate surface area is 286 Å². The van der Waals surface area contributed by atoms with Gasteiger partial charge < -0.3 is 35.6 Å². The van der Waals surface area contributed by atoms with Gasteiger partial charge in [-0.1, -0.05) is 32.4 Å². The predicted octanol–water partition coefficient (Wildman–Crippen LogP) is 3.62. The molecule has 14 heteroatoms. The number of benzene rings is 2. The summed E-state index contributed by atoms with van der Waals surface area (Å²) in [5, 5.41) is 13.5. The van der Waals surface area contributed by atoms with Crippen LogP contribution in [0, 0.1) is 5.41 Å². The lowest BCUT2D eigenvalue weighted by atomic mass is 9.85. The van der Waals surface area contributed by atoms with Gasteiger partial charge in [0.25, 0.3) is 11.8 Å². The van der Waals surface area contributed by atoms with Crippen LogP contribution < -0.4 is 35.8 Å². The van der Waals surface area contributed by atoms with Gasteiger partial charge in [-0.15, -0.1) is 0 Å². The first-order valence-electron chi connectivity index (χ1n) is 16.2. The number of imide groups is 1. The zero-order chi connectivity index (χ0) is 34.6. The van der Waals surface area contributed by atoms with E-state index in [0.717, 1.165) is 30.1 Å². The Morgan fingerprint density at radius 1 is 1.15 bits per heavy atom. The van der Waals surface area contributed by atoms with E-state index in [1.807, 2.05) is 39.0 Å². The number of carbonyl (C=O) groups excluding carboxylic acids is 3. The number of nitrogens with one attached hydrogen (secondary N) is 4. The lowest BCUT2D eigenvalue weighted by Crippen LogP contribution is -2.60. The van der Waals surface area contributed by atoms with Crippen LogP contribution >= 0.6 is 11.6 Å². The molecule has 3 heterocycles. The first-order chi connectivity index (χ1) is 22.9. The number of nitrogens with zero attached hydrogens (tertiary/aromatic N) is 4. The molecule has 48 heavy (non-hydrogen) atoms. The van der Waals surface area contributed by atoms with Crippen LogP contribution in [0.5, 0.6) is 5.75 Å². The minimum absolute atomic E-state index is 0.220. The summed E-state index contributed by atoms with van der Waals surface area (Å²) in [6.07, 6.45) is 2.79. The van der Waals surface area contributed by atoms with Crippen molar-refractivity contribution in [2.45, 2.75) is 58.7 Å². The number of ether oxygens (including phenoxy) is 2. The Balaban J connectivity index is 1.58. The highest BCUT2D eigenvalue weighted by molar-refractivity contribution is 6.33. The molecule has 0 aliphatic carbocycles. The molecule has 1 aromatic heterocycles. The fraction of sp³-hybridized carbons (Fsp3) is 0.500. The van der Waals surface area contributed by atoms with E-state index in [2.05, 4.69) is 36.1 Å². The highest BCUT2D eigenvalue weighted by Gasteiger charge is 2.42. The van der Waals surface area contributed by atoms with Crippen molar-refractivity contribution in [3.8, 4) is 5.75 Å². The molecule has 0 saturated carbocycles. The SMILES string of the molecule is CN[C@@H](C)C(=O)N[C@H](C(=O)N(C(=O)[C@@H]1CCCN1)c1cc2c(Nc3ccc(N4CCOCC4)c(Cl)c3)ncnc2cc1OC)C(C)(C)C. The van der Waals surface area contributed by atoms with Crippen LogP contribution in [-0.4, -0.2) is 92.8 Å². The summed E-state index contributed by atoms with van der Waals surface area (Å²) in [7, 11) is 3.14. The molecule has 3 atom stereocenters. The second-order valence-corrected chi connectivity index (χ2v) is 13.5. The summed E-state index contributed by atoms with van der Waals surface area (Å²) in [5.74, 6) is -0.654. The molecule has 3 amide bonds. The summed E-state index contributed by atoms with van der Waals surface area (Å²) in [6.45, 7) is 10.7. The van der Waals surface area contributed by atoms with Gasteiger partial charge in [0.1, 0.15) is 23.9 Å². The number of likely N-dealkylation sites (N-methyl/N-ethyl adjacent to an activating group) is 1. The second kappa shape index (κ2) is 15.0. The number of halogens is 1. The van der Waals surface area contributed by atoms with E-state index < -0.39 is 35.4 Å². The zero-order valence-corrected chi connectivity index (χ0v) is 29.1. The molecule has 2 fully saturated rings. The molecule has 2 saturated heterocycles. The van der Waals surface area contributed by atoms with Gasteiger partial charge in [-0.3, -0.25) is 14.4 Å². The smallest absolute Gasteiger partial charge is 0.257 e. The van der Waals surface area contributed by atoms with Crippen LogP contribution in [0.2, 0.25) is 5.02 Å². The molecular weight excluding hydrogens is 636 g/mol. The zero-order valence-electron chi connectivity index (χ0n) is 28.4. The topological polar surface area (TPSA) is 150 Å². The summed E-state index contributed by atoms with van der Waals surface area (Å²) >= 11 is 6.72. The first kappa shape index (κ1) is 35.3. The molecular formula is C34H45ClN8O5. The lowest BCUT2D eigenvalue weighted by Gasteiger charge is -2.36. The van der Waals surface area contributed by atoms with Crippen molar-refractivity contribution in [1.82, 2.24) is 25.9 Å². The van der Waals surface area contributed by atoms with Gasteiger partial charge >= 0.3 is 0 Å². The maximum absolute atomic E-state index is 14.6. The normalized spacial score (nSPS) is 17.9. The average molecular weight is 681 g/mol. The third kappa shape index (κ3) is 7.64. The molecule has 5 rings (SSSR count). The minimum atomic E-state index is -1.04. The van der Waals surface area contributed by atoms with Crippen LogP contribution in [0.3, 0.4) is 0 Å². The second-order valence-electron chi connectivity index (χ2n) is 13.1. The molecule has 0 spiro atoms. The maximum Gasteiger partial charge on any atom is 0.257 e. The van der Waals surface area contributed by atoms with E-state index in [-0.39, 0.29) is 17.3 Å². The highest BCUT2D eigenvalue weighted by Crippen LogP contribution is 2.38. The van der Waals surface area contributed by atoms with Gasteiger partial charge in [0.05, 0.1) is 54.3 Å². The highest BCUT2D eigenvalue weighted by atomic mass is 35.5. The van der Waals surface area contributed by atoms with Crippen LogP contribution in [0.25, 0.3) is 10.9 Å². The average Bonchev–Trinajstić information content (AvgIpc) is 3.62. The Morgan fingerprint density at radius 2 is 1.90 bits per heavy atom. The van der Waals surface area contributed by atoms with Crippen molar-refractivity contribution < 1.29 is 23.9 Å². The molecule has 2 aliphatic heterocycles. The van der Waals surface area contributed by atoms with E-state index in [1.54, 1.807) is 26.1 Å². The molecule has 2 aromatic carbocycles.